The van der Waals surface area contributed by atoms with Gasteiger partial charge in [-0.05, 0) is 30.9 Å². The predicted octanol–water partition coefficient (Wildman–Crippen LogP) is 2.01. The highest BCUT2D eigenvalue weighted by Crippen LogP contribution is 2.27. The second-order valence-electron chi connectivity index (χ2n) is 6.51. The SMILES string of the molecule is Cc1ccn(C)c(=O)c1NC(=O)N1CCC(C)C(n2ccnc2)C1. The zero-order valence-corrected chi connectivity index (χ0v) is 14.3. The largest absolute Gasteiger partial charge is 0.332 e. The Bertz CT molecular complexity index is 781. The van der Waals surface area contributed by atoms with E-state index in [1.807, 2.05) is 19.2 Å². The van der Waals surface area contributed by atoms with E-state index in [1.54, 1.807) is 30.7 Å². The molecule has 2 amide bonds. The Morgan fingerprint density at radius 1 is 1.38 bits per heavy atom. The highest BCUT2D eigenvalue weighted by molar-refractivity contribution is 5.90. The van der Waals surface area contributed by atoms with Gasteiger partial charge in [0, 0.05) is 38.7 Å². The zero-order valence-electron chi connectivity index (χ0n) is 14.3. The van der Waals surface area contributed by atoms with Crippen LogP contribution in [0.5, 0.6) is 0 Å². The highest BCUT2D eigenvalue weighted by atomic mass is 16.2. The molecule has 2 unspecified atom stereocenters. The standard InChI is InChI=1S/C17H23N5O2/c1-12-5-8-21(10-14(12)22-9-6-18-11-22)17(24)19-15-13(2)4-7-20(3)16(15)23/h4,6-7,9,11-12,14H,5,8,10H2,1-3H3,(H,19,24). The molecule has 7 heteroatoms. The highest BCUT2D eigenvalue weighted by Gasteiger charge is 2.30. The van der Waals surface area contributed by atoms with Gasteiger partial charge >= 0.3 is 6.03 Å². The number of carbonyl (C=O) groups is 1. The van der Waals surface area contributed by atoms with Gasteiger partial charge in [-0.15, -0.1) is 0 Å². The van der Waals surface area contributed by atoms with Crippen molar-refractivity contribution < 1.29 is 4.79 Å². The van der Waals surface area contributed by atoms with Crippen LogP contribution in [0.25, 0.3) is 0 Å². The van der Waals surface area contributed by atoms with Gasteiger partial charge in [0.1, 0.15) is 5.69 Å². The number of aryl methyl sites for hydroxylation is 2. The predicted molar refractivity (Wildman–Crippen MR) is 92.1 cm³/mol. The third-order valence-corrected chi connectivity index (χ3v) is 4.82. The maximum Gasteiger partial charge on any atom is 0.322 e. The lowest BCUT2D eigenvalue weighted by Gasteiger charge is -2.37. The van der Waals surface area contributed by atoms with E-state index in [4.69, 9.17) is 0 Å². The fourth-order valence-corrected chi connectivity index (χ4v) is 3.14. The number of carbonyl (C=O) groups excluding carboxylic acids is 1. The quantitative estimate of drug-likeness (QED) is 0.916. The Morgan fingerprint density at radius 2 is 2.17 bits per heavy atom. The summed E-state index contributed by atoms with van der Waals surface area (Å²) in [5.74, 6) is 0.467. The number of aromatic nitrogens is 3. The van der Waals surface area contributed by atoms with Gasteiger partial charge < -0.3 is 19.4 Å². The Kier molecular flexibility index (Phi) is 4.42. The number of piperidine rings is 1. The summed E-state index contributed by atoms with van der Waals surface area (Å²) in [5, 5.41) is 2.80. The number of nitrogens with zero attached hydrogens (tertiary/aromatic N) is 4. The molecule has 7 nitrogen and oxygen atoms in total. The van der Waals surface area contributed by atoms with Gasteiger partial charge in [0.15, 0.2) is 0 Å². The number of amides is 2. The van der Waals surface area contributed by atoms with Crippen LogP contribution in [0.3, 0.4) is 0 Å². The number of urea groups is 1. The molecule has 1 N–H and O–H groups in total. The smallest absolute Gasteiger partial charge is 0.322 e. The summed E-state index contributed by atoms with van der Waals surface area (Å²) in [5.41, 5.74) is 0.922. The minimum atomic E-state index is -0.224. The molecule has 3 heterocycles. The molecule has 0 aromatic carbocycles. The molecule has 3 rings (SSSR count). The van der Waals surface area contributed by atoms with E-state index >= 15 is 0 Å². The molecule has 0 aliphatic carbocycles. The molecule has 0 bridgehead atoms. The van der Waals surface area contributed by atoms with Gasteiger partial charge in [-0.1, -0.05) is 6.92 Å². The van der Waals surface area contributed by atoms with Crippen LogP contribution in [0.1, 0.15) is 24.9 Å². The number of hydrogen-bond donors (Lipinski definition) is 1. The van der Waals surface area contributed by atoms with Gasteiger partial charge in [-0.2, -0.15) is 0 Å². The van der Waals surface area contributed by atoms with Gasteiger partial charge in [0.05, 0.1) is 12.4 Å². The van der Waals surface area contributed by atoms with E-state index in [0.29, 0.717) is 24.7 Å². The van der Waals surface area contributed by atoms with Crippen molar-refractivity contribution in [1.29, 1.82) is 0 Å². The first-order chi connectivity index (χ1) is 11.5. The van der Waals surface area contributed by atoms with Crippen molar-refractivity contribution >= 4 is 11.7 Å². The summed E-state index contributed by atoms with van der Waals surface area (Å²) in [4.78, 5) is 30.8. The third kappa shape index (κ3) is 3.06. The van der Waals surface area contributed by atoms with Crippen molar-refractivity contribution in [3.63, 3.8) is 0 Å². The molecule has 1 saturated heterocycles. The number of likely N-dealkylation sites (tertiary alicyclic amines) is 1. The second-order valence-corrected chi connectivity index (χ2v) is 6.51. The Morgan fingerprint density at radius 3 is 2.88 bits per heavy atom. The lowest BCUT2D eigenvalue weighted by Crippen LogP contribution is -2.46. The molecule has 0 saturated carbocycles. The fraction of sp³-hybridized carbons (Fsp3) is 0.471. The maximum atomic E-state index is 12.6. The number of pyridine rings is 1. The van der Waals surface area contributed by atoms with Gasteiger partial charge in [0.25, 0.3) is 5.56 Å². The maximum absolute atomic E-state index is 12.6. The van der Waals surface area contributed by atoms with E-state index in [1.165, 1.54) is 4.57 Å². The van der Waals surface area contributed by atoms with Crippen LogP contribution in [0.15, 0.2) is 35.8 Å². The summed E-state index contributed by atoms with van der Waals surface area (Å²) >= 11 is 0. The average molecular weight is 329 g/mol. The number of rotatable bonds is 2. The van der Waals surface area contributed by atoms with Crippen molar-refractivity contribution in [3.8, 4) is 0 Å². The lowest BCUT2D eigenvalue weighted by molar-refractivity contribution is 0.149. The normalized spacial score (nSPS) is 20.9. The van der Waals surface area contributed by atoms with Crippen LogP contribution in [0.4, 0.5) is 10.5 Å². The van der Waals surface area contributed by atoms with Gasteiger partial charge in [0.2, 0.25) is 0 Å². The third-order valence-electron chi connectivity index (χ3n) is 4.82. The molecular weight excluding hydrogens is 306 g/mol. The molecule has 2 aromatic heterocycles. The Balaban J connectivity index is 1.76. The molecule has 0 spiro atoms. The van der Waals surface area contributed by atoms with E-state index in [-0.39, 0.29) is 17.6 Å². The van der Waals surface area contributed by atoms with Crippen molar-refractivity contribution in [2.24, 2.45) is 13.0 Å². The lowest BCUT2D eigenvalue weighted by atomic mass is 9.93. The first-order valence-corrected chi connectivity index (χ1v) is 8.17. The van der Waals surface area contributed by atoms with Crippen molar-refractivity contribution in [2.75, 3.05) is 18.4 Å². The van der Waals surface area contributed by atoms with E-state index < -0.39 is 0 Å². The summed E-state index contributed by atoms with van der Waals surface area (Å²) in [6.45, 7) is 5.31. The molecule has 2 aromatic rings. The average Bonchev–Trinajstić information content (AvgIpc) is 3.09. The summed E-state index contributed by atoms with van der Waals surface area (Å²) in [7, 11) is 1.68. The summed E-state index contributed by atoms with van der Waals surface area (Å²) in [6.07, 6.45) is 8.09. The van der Waals surface area contributed by atoms with Crippen LogP contribution in [-0.2, 0) is 7.05 Å². The van der Waals surface area contributed by atoms with Crippen LogP contribution in [0.2, 0.25) is 0 Å². The monoisotopic (exact) mass is 329 g/mol. The van der Waals surface area contributed by atoms with E-state index in [0.717, 1.165) is 12.0 Å². The van der Waals surface area contributed by atoms with Crippen LogP contribution in [-0.4, -0.2) is 38.1 Å². The minimum absolute atomic E-state index is 0.195. The Hall–Kier alpha value is -2.57. The molecule has 24 heavy (non-hydrogen) atoms. The van der Waals surface area contributed by atoms with E-state index in [9.17, 15) is 9.59 Å². The molecule has 1 aliphatic rings. The van der Waals surface area contributed by atoms with Gasteiger partial charge in [-0.25, -0.2) is 9.78 Å². The number of anilines is 1. The van der Waals surface area contributed by atoms with Crippen molar-refractivity contribution in [3.05, 3.63) is 46.9 Å². The molecular formula is C17H23N5O2. The molecule has 128 valence electrons. The summed E-state index contributed by atoms with van der Waals surface area (Å²) < 4.78 is 3.52. The summed E-state index contributed by atoms with van der Waals surface area (Å²) in [6, 6.07) is 1.80. The van der Waals surface area contributed by atoms with Crippen LogP contribution in [0, 0.1) is 12.8 Å². The Labute approximate surface area is 140 Å². The molecule has 1 fully saturated rings. The van der Waals surface area contributed by atoms with Crippen LogP contribution < -0.4 is 10.9 Å². The number of nitrogens with one attached hydrogen (secondary N) is 1. The molecule has 1 aliphatic heterocycles. The zero-order chi connectivity index (χ0) is 17.3. The number of hydrogen-bond acceptors (Lipinski definition) is 3. The minimum Gasteiger partial charge on any atom is -0.332 e. The van der Waals surface area contributed by atoms with Crippen molar-refractivity contribution in [1.82, 2.24) is 19.0 Å². The molecule has 0 radical (unpaired) electrons. The van der Waals surface area contributed by atoms with E-state index in [2.05, 4.69) is 21.8 Å². The van der Waals surface area contributed by atoms with Gasteiger partial charge in [-0.3, -0.25) is 4.79 Å². The second kappa shape index (κ2) is 6.51. The van der Waals surface area contributed by atoms with Crippen molar-refractivity contribution in [2.45, 2.75) is 26.3 Å². The van der Waals surface area contributed by atoms with Crippen LogP contribution >= 0.6 is 0 Å². The number of imidazole rings is 1. The topological polar surface area (TPSA) is 72.2 Å². The first kappa shape index (κ1) is 16.3. The molecule has 2 atom stereocenters. The fourth-order valence-electron chi connectivity index (χ4n) is 3.14. The first-order valence-electron chi connectivity index (χ1n) is 8.17.